The third-order valence-corrected chi connectivity index (χ3v) is 5.85. The van der Waals surface area contributed by atoms with Gasteiger partial charge in [0.25, 0.3) is 5.91 Å². The highest BCUT2D eigenvalue weighted by atomic mass is 16.5. The maximum absolute atomic E-state index is 12.6. The number of para-hydroxylation sites is 1. The van der Waals surface area contributed by atoms with Gasteiger partial charge >= 0.3 is 0 Å². The van der Waals surface area contributed by atoms with E-state index in [0.717, 1.165) is 64.4 Å². The molecule has 0 bridgehead atoms. The molecule has 31 heavy (non-hydrogen) atoms. The van der Waals surface area contributed by atoms with E-state index in [0.29, 0.717) is 12.1 Å². The first-order chi connectivity index (χ1) is 14.9. The zero-order valence-electron chi connectivity index (χ0n) is 19.1. The first-order valence-electron chi connectivity index (χ1n) is 10.7. The SMILES string of the molecule is CCCCc1c(-c2ccc(OC)c(C)c2)c(C(N)=O)c(C)n1Cc1ccccc1OC. The molecule has 1 heterocycles. The number of unbranched alkanes of at least 4 members (excludes halogenated alkanes) is 1. The van der Waals surface area contributed by atoms with Crippen LogP contribution in [0.2, 0.25) is 0 Å². The van der Waals surface area contributed by atoms with Crippen molar-refractivity contribution in [2.24, 2.45) is 5.73 Å². The van der Waals surface area contributed by atoms with Gasteiger partial charge in [0, 0.05) is 22.5 Å². The summed E-state index contributed by atoms with van der Waals surface area (Å²) < 4.78 is 13.2. The second kappa shape index (κ2) is 9.73. The quantitative estimate of drug-likeness (QED) is 0.512. The second-order valence-corrected chi connectivity index (χ2v) is 7.83. The van der Waals surface area contributed by atoms with Gasteiger partial charge in [-0.3, -0.25) is 4.79 Å². The molecule has 3 rings (SSSR count). The van der Waals surface area contributed by atoms with Gasteiger partial charge in [0.15, 0.2) is 0 Å². The van der Waals surface area contributed by atoms with Crippen LogP contribution in [0.25, 0.3) is 11.1 Å². The topological polar surface area (TPSA) is 66.5 Å². The van der Waals surface area contributed by atoms with Crippen molar-refractivity contribution in [1.82, 2.24) is 4.57 Å². The van der Waals surface area contributed by atoms with Crippen molar-refractivity contribution in [3.8, 4) is 22.6 Å². The molecule has 0 aliphatic rings. The number of rotatable bonds is 9. The van der Waals surface area contributed by atoms with Crippen molar-refractivity contribution in [3.63, 3.8) is 0 Å². The van der Waals surface area contributed by atoms with Gasteiger partial charge < -0.3 is 19.8 Å². The molecule has 0 aliphatic heterocycles. The van der Waals surface area contributed by atoms with Crippen LogP contribution in [0.15, 0.2) is 42.5 Å². The third kappa shape index (κ3) is 4.46. The lowest BCUT2D eigenvalue weighted by molar-refractivity contribution is 0.1000. The largest absolute Gasteiger partial charge is 0.496 e. The van der Waals surface area contributed by atoms with E-state index in [1.165, 1.54) is 0 Å². The Hall–Kier alpha value is -3.21. The van der Waals surface area contributed by atoms with E-state index >= 15 is 0 Å². The number of carbonyl (C=O) groups is 1. The van der Waals surface area contributed by atoms with Crippen LogP contribution in [0.5, 0.6) is 11.5 Å². The van der Waals surface area contributed by atoms with Crippen molar-refractivity contribution in [2.75, 3.05) is 14.2 Å². The smallest absolute Gasteiger partial charge is 0.251 e. The average molecular weight is 421 g/mol. The number of aryl methyl sites for hydroxylation is 1. The van der Waals surface area contributed by atoms with E-state index < -0.39 is 5.91 Å². The summed E-state index contributed by atoms with van der Waals surface area (Å²) in [5.41, 5.74) is 12.5. The molecule has 0 atom stereocenters. The van der Waals surface area contributed by atoms with Gasteiger partial charge in [0.1, 0.15) is 11.5 Å². The van der Waals surface area contributed by atoms with Crippen LogP contribution >= 0.6 is 0 Å². The van der Waals surface area contributed by atoms with E-state index in [1.54, 1.807) is 14.2 Å². The number of benzene rings is 2. The summed E-state index contributed by atoms with van der Waals surface area (Å²) in [6.45, 7) is 6.78. The lowest BCUT2D eigenvalue weighted by Gasteiger charge is -2.16. The number of carbonyl (C=O) groups excluding carboxylic acids is 1. The normalized spacial score (nSPS) is 10.9. The Morgan fingerprint density at radius 3 is 2.35 bits per heavy atom. The van der Waals surface area contributed by atoms with Crippen molar-refractivity contribution in [2.45, 2.75) is 46.6 Å². The molecule has 0 saturated heterocycles. The summed E-state index contributed by atoms with van der Waals surface area (Å²) in [7, 11) is 3.34. The Balaban J connectivity index is 2.25. The van der Waals surface area contributed by atoms with Crippen LogP contribution in [0.3, 0.4) is 0 Å². The molecule has 0 aliphatic carbocycles. The zero-order valence-corrected chi connectivity index (χ0v) is 19.1. The average Bonchev–Trinajstić information content (AvgIpc) is 3.04. The van der Waals surface area contributed by atoms with Crippen molar-refractivity contribution >= 4 is 5.91 Å². The van der Waals surface area contributed by atoms with Crippen LogP contribution < -0.4 is 15.2 Å². The van der Waals surface area contributed by atoms with E-state index in [9.17, 15) is 4.79 Å². The Bertz CT molecular complexity index is 1080. The van der Waals surface area contributed by atoms with Gasteiger partial charge in [-0.2, -0.15) is 0 Å². The molecule has 0 fully saturated rings. The van der Waals surface area contributed by atoms with Crippen LogP contribution in [0.4, 0.5) is 0 Å². The fourth-order valence-corrected chi connectivity index (χ4v) is 4.27. The molecule has 2 N–H and O–H groups in total. The highest BCUT2D eigenvalue weighted by Crippen LogP contribution is 2.37. The van der Waals surface area contributed by atoms with Crippen molar-refractivity contribution in [3.05, 3.63) is 70.5 Å². The predicted molar refractivity (Wildman–Crippen MR) is 125 cm³/mol. The number of methoxy groups -OCH3 is 2. The number of aromatic nitrogens is 1. The molecular weight excluding hydrogens is 388 g/mol. The van der Waals surface area contributed by atoms with Gasteiger partial charge in [0.05, 0.1) is 26.3 Å². The highest BCUT2D eigenvalue weighted by Gasteiger charge is 2.25. The van der Waals surface area contributed by atoms with Crippen molar-refractivity contribution in [1.29, 1.82) is 0 Å². The Kier molecular flexibility index (Phi) is 7.06. The zero-order chi connectivity index (χ0) is 22.5. The third-order valence-electron chi connectivity index (χ3n) is 5.85. The monoisotopic (exact) mass is 420 g/mol. The molecule has 3 aromatic rings. The fourth-order valence-electron chi connectivity index (χ4n) is 4.27. The molecule has 1 aromatic heterocycles. The summed E-state index contributed by atoms with van der Waals surface area (Å²) >= 11 is 0. The predicted octanol–water partition coefficient (Wildman–Crippen LogP) is 5.28. The Morgan fingerprint density at radius 1 is 1.03 bits per heavy atom. The van der Waals surface area contributed by atoms with Gasteiger partial charge in [-0.1, -0.05) is 37.6 Å². The number of amides is 1. The maximum Gasteiger partial charge on any atom is 0.251 e. The molecule has 0 unspecified atom stereocenters. The van der Waals surface area contributed by atoms with E-state index in [4.69, 9.17) is 15.2 Å². The van der Waals surface area contributed by atoms with Crippen LogP contribution in [-0.4, -0.2) is 24.7 Å². The van der Waals surface area contributed by atoms with Gasteiger partial charge in [-0.15, -0.1) is 0 Å². The molecule has 5 nitrogen and oxygen atoms in total. The fraction of sp³-hybridized carbons (Fsp3) is 0.346. The minimum Gasteiger partial charge on any atom is -0.496 e. The van der Waals surface area contributed by atoms with Gasteiger partial charge in [-0.25, -0.2) is 0 Å². The number of nitrogens with zero attached hydrogens (tertiary/aromatic N) is 1. The van der Waals surface area contributed by atoms with E-state index in [-0.39, 0.29) is 0 Å². The standard InChI is InChI=1S/C26H32N2O3/c1-6-7-11-21-25(19-13-14-22(30-4)17(2)15-19)24(26(27)29)18(3)28(21)16-20-10-8-9-12-23(20)31-5/h8-10,12-15H,6-7,11,16H2,1-5H3,(H2,27,29). The maximum atomic E-state index is 12.6. The lowest BCUT2D eigenvalue weighted by atomic mass is 9.96. The molecule has 164 valence electrons. The molecule has 0 saturated carbocycles. The second-order valence-electron chi connectivity index (χ2n) is 7.83. The number of hydrogen-bond acceptors (Lipinski definition) is 3. The number of primary amides is 1. The summed E-state index contributed by atoms with van der Waals surface area (Å²) in [6.07, 6.45) is 2.95. The summed E-state index contributed by atoms with van der Waals surface area (Å²) in [5, 5.41) is 0. The first-order valence-corrected chi connectivity index (χ1v) is 10.7. The Labute approximate surface area is 184 Å². The lowest BCUT2D eigenvalue weighted by Crippen LogP contribution is -2.14. The number of hydrogen-bond donors (Lipinski definition) is 1. The minimum atomic E-state index is -0.405. The molecule has 0 spiro atoms. The molecular formula is C26H32N2O3. The molecule has 0 radical (unpaired) electrons. The summed E-state index contributed by atoms with van der Waals surface area (Å²) in [4.78, 5) is 12.6. The summed E-state index contributed by atoms with van der Waals surface area (Å²) in [6, 6.07) is 14.0. The van der Waals surface area contributed by atoms with Crippen LogP contribution in [0, 0.1) is 13.8 Å². The van der Waals surface area contributed by atoms with Crippen molar-refractivity contribution < 1.29 is 14.3 Å². The molecule has 2 aromatic carbocycles. The molecule has 1 amide bonds. The highest BCUT2D eigenvalue weighted by molar-refractivity contribution is 6.02. The number of nitrogens with two attached hydrogens (primary N) is 1. The first kappa shape index (κ1) is 22.5. The minimum absolute atomic E-state index is 0.405. The Morgan fingerprint density at radius 2 is 1.74 bits per heavy atom. The van der Waals surface area contributed by atoms with E-state index in [1.807, 2.05) is 44.2 Å². The van der Waals surface area contributed by atoms with Crippen LogP contribution in [-0.2, 0) is 13.0 Å². The summed E-state index contributed by atoms with van der Waals surface area (Å²) in [5.74, 6) is 1.25. The van der Waals surface area contributed by atoms with E-state index in [2.05, 4.69) is 23.6 Å². The van der Waals surface area contributed by atoms with Crippen LogP contribution in [0.1, 0.15) is 52.6 Å². The van der Waals surface area contributed by atoms with Gasteiger partial charge in [0.2, 0.25) is 0 Å². The van der Waals surface area contributed by atoms with Gasteiger partial charge in [-0.05, 0) is 56.0 Å². The molecule has 5 heteroatoms. The number of ether oxygens (including phenoxy) is 2.